The minimum absolute atomic E-state index is 0.0714. The molecule has 0 radical (unpaired) electrons. The second kappa shape index (κ2) is 25.0. The van der Waals surface area contributed by atoms with Crippen LogP contribution < -0.4 is 0 Å². The van der Waals surface area contributed by atoms with Gasteiger partial charge in [-0.3, -0.25) is 0 Å². The SMILES string of the molecule is C[C@@H]1CC[C@@]2(OC1)O[C@H]1C[C@H]3[C@@H]4CC=C5C[C@@H](O[C@@H]6O[C@H](CO)[C@H](O[C@@H]7O[C@H](CO)[C@@H](O)[C@H](O[C@@H]8OC[C@@H](O)[C@H](O)[C@H]8O)[C@H]7O[C@@H]7O[C@H](CO)[C@@H](O)[C@H](O[C@@H]8O[C@H](CO)[C@@H](O)[C@H](O)[C@H]8O)[C@H]7O)[C@H](O)[C@H]6O)[C@H](O)C[C@]5(C)[C@H]4CC[C@]3(C)[C@H]1[C@@H]2C. The van der Waals surface area contributed by atoms with Gasteiger partial charge in [0.15, 0.2) is 37.2 Å². The first kappa shape index (κ1) is 64.2. The van der Waals surface area contributed by atoms with Crippen molar-refractivity contribution in [3.8, 4) is 0 Å². The smallest absolute Gasteiger partial charge is 0.187 e. The zero-order chi connectivity index (χ0) is 60.2. The van der Waals surface area contributed by atoms with E-state index < -0.39 is 198 Å². The van der Waals surface area contributed by atoms with E-state index in [1.165, 1.54) is 0 Å². The standard InChI is InChI=1S/C56H90O28/c1-20-7-10-56(74-18-20)21(2)34-29(84-56)12-25-23-6-5-22-11-28(26(61)13-55(22,4)24(23)8-9-54(25,34)3)75-50-43(71)40(68)45(33(17-60)79-50)80-53-48(47(38(66)32(16-59)78-53)82-49-41(69)35(63)27(62)19-73-49)83-52-44(72)46(37(65)31(15-58)77-52)81-51-42(70)39(67)36(64)30(14-57)76-51/h5,20-21,23-53,57-72H,6-19H2,1-4H3/t20-,21+,23-,24+,25+,26-,27-,28-,29+,30-,31-,32-,33-,34+,35+,36-,37-,38-,39+,40-,41-,42-,43-,44-,45+,46+,47+,48-,49+,50-,51+,52+,53+,54+,55+,56-/m1/s1. The maximum Gasteiger partial charge on any atom is 0.187 e. The van der Waals surface area contributed by atoms with Crippen LogP contribution in [0.1, 0.15) is 79.1 Å². The fourth-order valence-electron chi connectivity index (χ4n) is 16.8. The van der Waals surface area contributed by atoms with Gasteiger partial charge in [0.05, 0.1) is 58.0 Å². The molecule has 84 heavy (non-hydrogen) atoms. The molecule has 10 fully saturated rings. The number of hydrogen-bond donors (Lipinski definition) is 16. The summed E-state index contributed by atoms with van der Waals surface area (Å²) < 4.78 is 73.0. The predicted octanol–water partition coefficient (Wildman–Crippen LogP) is -5.56. The predicted molar refractivity (Wildman–Crippen MR) is 276 cm³/mol. The van der Waals surface area contributed by atoms with Gasteiger partial charge in [-0.2, -0.15) is 0 Å². The highest BCUT2D eigenvalue weighted by Crippen LogP contribution is 2.71. The van der Waals surface area contributed by atoms with Crippen molar-refractivity contribution < 1.29 is 139 Å². The second-order valence-electron chi connectivity index (χ2n) is 26.4. The number of fused-ring (bicyclic) bond motifs is 7. The molecule has 0 unspecified atom stereocenters. The third-order valence-electron chi connectivity index (χ3n) is 21.6. The van der Waals surface area contributed by atoms with E-state index in [4.69, 9.17) is 56.8 Å². The van der Waals surface area contributed by atoms with Gasteiger partial charge in [-0.25, -0.2) is 0 Å². The Morgan fingerprint density at radius 2 is 1.10 bits per heavy atom. The number of hydrogen-bond acceptors (Lipinski definition) is 28. The molecule has 4 aliphatic carbocycles. The molecular weight excluding hydrogens is 1120 g/mol. The van der Waals surface area contributed by atoms with E-state index in [0.29, 0.717) is 36.7 Å². The lowest BCUT2D eigenvalue weighted by molar-refractivity contribution is -0.409. The first-order valence-electron chi connectivity index (χ1n) is 30.0. The van der Waals surface area contributed by atoms with E-state index in [2.05, 4.69) is 33.8 Å². The van der Waals surface area contributed by atoms with Crippen molar-refractivity contribution in [3.05, 3.63) is 11.6 Å². The minimum Gasteiger partial charge on any atom is -0.394 e. The molecule has 28 heteroatoms. The van der Waals surface area contributed by atoms with Crippen molar-refractivity contribution in [2.24, 2.45) is 46.3 Å². The Morgan fingerprint density at radius 3 is 1.76 bits per heavy atom. The second-order valence-corrected chi connectivity index (χ2v) is 26.4. The molecule has 0 bridgehead atoms. The summed E-state index contributed by atoms with van der Waals surface area (Å²) in [5.41, 5.74) is 0.823. The monoisotopic (exact) mass is 1210 g/mol. The number of ether oxygens (including phenoxy) is 12. The van der Waals surface area contributed by atoms with E-state index in [0.717, 1.165) is 44.1 Å². The van der Waals surface area contributed by atoms with Gasteiger partial charge in [0.25, 0.3) is 0 Å². The Bertz CT molecular complexity index is 2240. The molecule has 0 aromatic rings. The molecule has 11 rings (SSSR count). The topological polar surface area (TPSA) is 434 Å². The van der Waals surface area contributed by atoms with Crippen LogP contribution in [0.15, 0.2) is 11.6 Å². The fraction of sp³-hybridized carbons (Fsp3) is 0.964. The van der Waals surface area contributed by atoms with E-state index in [-0.39, 0.29) is 35.2 Å². The quantitative estimate of drug-likeness (QED) is 0.0721. The Labute approximate surface area is 485 Å². The summed E-state index contributed by atoms with van der Waals surface area (Å²) in [4.78, 5) is 0. The summed E-state index contributed by atoms with van der Waals surface area (Å²) >= 11 is 0. The van der Waals surface area contributed by atoms with Crippen LogP contribution >= 0.6 is 0 Å². The lowest BCUT2D eigenvalue weighted by Gasteiger charge is -2.59. The number of rotatable bonds is 14. The van der Waals surface area contributed by atoms with E-state index in [1.54, 1.807) is 0 Å². The zero-order valence-electron chi connectivity index (χ0n) is 47.6. The Kier molecular flexibility index (Phi) is 19.1. The molecule has 7 heterocycles. The molecule has 16 N–H and O–H groups in total. The van der Waals surface area contributed by atoms with Crippen molar-refractivity contribution >= 4 is 0 Å². The lowest BCUT2D eigenvalue weighted by Crippen LogP contribution is -2.69. The first-order valence-corrected chi connectivity index (χ1v) is 30.0. The average molecular weight is 1210 g/mol. The average Bonchev–Trinajstić information content (AvgIpc) is 1.56. The third kappa shape index (κ3) is 11.1. The van der Waals surface area contributed by atoms with Gasteiger partial charge in [-0.05, 0) is 85.4 Å². The van der Waals surface area contributed by atoms with Crippen LogP contribution in [0.5, 0.6) is 0 Å². The molecule has 7 saturated heterocycles. The van der Waals surface area contributed by atoms with Crippen LogP contribution in [-0.2, 0) is 56.8 Å². The Balaban J connectivity index is 0.803. The molecule has 28 nitrogen and oxygen atoms in total. The van der Waals surface area contributed by atoms with E-state index in [9.17, 15) is 81.7 Å². The van der Waals surface area contributed by atoms with Gasteiger partial charge in [0.2, 0.25) is 0 Å². The first-order chi connectivity index (χ1) is 39.9. The normalized spacial score (nSPS) is 56.8. The minimum atomic E-state index is -2.20. The highest BCUT2D eigenvalue weighted by atomic mass is 16.8. The molecule has 0 amide bonds. The maximum absolute atomic E-state index is 12.0. The van der Waals surface area contributed by atoms with Gasteiger partial charge >= 0.3 is 0 Å². The molecule has 7 aliphatic heterocycles. The highest BCUT2D eigenvalue weighted by Gasteiger charge is 2.69. The molecule has 3 saturated carbocycles. The van der Waals surface area contributed by atoms with Gasteiger partial charge in [0, 0.05) is 12.3 Å². The summed E-state index contributed by atoms with van der Waals surface area (Å²) in [6, 6.07) is 0. The van der Waals surface area contributed by atoms with Gasteiger partial charge < -0.3 is 139 Å². The molecule has 11 aliphatic rings. The van der Waals surface area contributed by atoms with Gasteiger partial charge in [-0.15, -0.1) is 0 Å². The molecular formula is C56H90O28. The van der Waals surface area contributed by atoms with Crippen molar-refractivity contribution in [2.75, 3.05) is 39.6 Å². The fourth-order valence-corrected chi connectivity index (χ4v) is 16.8. The molecule has 482 valence electrons. The van der Waals surface area contributed by atoms with Crippen LogP contribution in [0.25, 0.3) is 0 Å². The summed E-state index contributed by atoms with van der Waals surface area (Å²) in [7, 11) is 0. The van der Waals surface area contributed by atoms with Crippen molar-refractivity contribution in [3.63, 3.8) is 0 Å². The van der Waals surface area contributed by atoms with Crippen molar-refractivity contribution in [1.29, 1.82) is 0 Å². The highest BCUT2D eigenvalue weighted by molar-refractivity contribution is 5.27. The Hall–Kier alpha value is -1.38. The molecule has 0 aromatic carbocycles. The number of aliphatic hydroxyl groups excluding tert-OH is 16. The Morgan fingerprint density at radius 1 is 0.524 bits per heavy atom. The van der Waals surface area contributed by atoms with Crippen molar-refractivity contribution in [2.45, 2.75) is 251 Å². The van der Waals surface area contributed by atoms with Crippen LogP contribution in [0.4, 0.5) is 0 Å². The summed E-state index contributed by atoms with van der Waals surface area (Å²) in [6.07, 6.45) is -38.3. The number of allylic oxidation sites excluding steroid dienone is 1. The number of aliphatic hydroxyl groups is 16. The van der Waals surface area contributed by atoms with Crippen LogP contribution in [0, 0.1) is 46.3 Å². The largest absolute Gasteiger partial charge is 0.394 e. The van der Waals surface area contributed by atoms with Gasteiger partial charge in [0.1, 0.15) is 116 Å². The maximum atomic E-state index is 12.0. The lowest BCUT2D eigenvalue weighted by atomic mass is 9.46. The summed E-state index contributed by atoms with van der Waals surface area (Å²) in [5.74, 6) is 1.72. The zero-order valence-corrected chi connectivity index (χ0v) is 47.6. The molecule has 36 atom stereocenters. The summed E-state index contributed by atoms with van der Waals surface area (Å²) in [5, 5.41) is 176. The van der Waals surface area contributed by atoms with Gasteiger partial charge in [-0.1, -0.05) is 39.3 Å². The van der Waals surface area contributed by atoms with E-state index >= 15 is 0 Å². The molecule has 0 aromatic heterocycles. The molecule has 1 spiro atoms. The third-order valence-corrected chi connectivity index (χ3v) is 21.6. The van der Waals surface area contributed by atoms with E-state index in [1.807, 2.05) is 0 Å². The van der Waals surface area contributed by atoms with Crippen LogP contribution in [0.3, 0.4) is 0 Å². The summed E-state index contributed by atoms with van der Waals surface area (Å²) in [6.45, 7) is 5.60. The van der Waals surface area contributed by atoms with Crippen LogP contribution in [-0.4, -0.2) is 293 Å². The van der Waals surface area contributed by atoms with Crippen molar-refractivity contribution in [1.82, 2.24) is 0 Å². The van der Waals surface area contributed by atoms with Crippen LogP contribution in [0.2, 0.25) is 0 Å².